The molecule has 1 radical (unpaired) electrons. The fourth-order valence-electron chi connectivity index (χ4n) is 14.9. The molecule has 427 valence electrons. The Bertz CT molecular complexity index is 3090. The van der Waals surface area contributed by atoms with Gasteiger partial charge in [-0.1, -0.05) is 12.1 Å². The van der Waals surface area contributed by atoms with Crippen LogP contribution in [0, 0.1) is 108 Å². The molecule has 4 bridgehead atoms. The maximum atomic E-state index is 12.2. The summed E-state index contributed by atoms with van der Waals surface area (Å²) in [7, 11) is 7.38. The van der Waals surface area contributed by atoms with Crippen LogP contribution in [0.5, 0.6) is 46.0 Å². The van der Waals surface area contributed by atoms with Gasteiger partial charge in [0, 0.05) is 154 Å². The zero-order valence-corrected chi connectivity index (χ0v) is 53.0. The number of ether oxygens (including phenoxy) is 8. The van der Waals surface area contributed by atoms with Gasteiger partial charge in [-0.25, -0.2) is 0 Å². The number of nitrogens with one attached hydrogen (secondary N) is 2. The molecule has 8 aliphatic rings. The first-order valence-corrected chi connectivity index (χ1v) is 27.4. The van der Waals surface area contributed by atoms with Crippen molar-refractivity contribution < 1.29 is 102 Å². The van der Waals surface area contributed by atoms with Gasteiger partial charge < -0.3 is 58.7 Å². The summed E-state index contributed by atoms with van der Waals surface area (Å²) in [5, 5.41) is 50.3. The maximum absolute atomic E-state index is 12.2. The van der Waals surface area contributed by atoms with E-state index in [0.29, 0.717) is 59.8 Å². The van der Waals surface area contributed by atoms with Crippen molar-refractivity contribution in [3.8, 4) is 58.1 Å². The molecule has 12 rings (SSSR count). The van der Waals surface area contributed by atoms with Crippen LogP contribution in [-0.4, -0.2) is 146 Å². The Morgan fingerprint density at radius 2 is 0.963 bits per heavy atom. The minimum absolute atomic E-state index is 0. The summed E-state index contributed by atoms with van der Waals surface area (Å²) in [6.45, 7) is 15.8. The van der Waals surface area contributed by atoms with Gasteiger partial charge in [0.1, 0.15) is 35.1 Å². The summed E-state index contributed by atoms with van der Waals surface area (Å²) in [6, 6.07) is 7.19. The van der Waals surface area contributed by atoms with E-state index in [4.69, 9.17) is 37.9 Å². The van der Waals surface area contributed by atoms with Crippen LogP contribution in [0.4, 0.5) is 0 Å². The number of carbonyl (C=O) groups is 2. The molecule has 2 saturated heterocycles. The number of methoxy groups -OCH3 is 2. The molecule has 20 nitrogen and oxygen atoms in total. The van der Waals surface area contributed by atoms with Crippen molar-refractivity contribution in [3.63, 3.8) is 0 Å². The third kappa shape index (κ3) is 9.33. The number of likely N-dealkylation sites (N-methyl/N-ethyl adjacent to an activating group) is 2. The molecule has 0 spiro atoms. The zero-order valence-electron chi connectivity index (χ0n) is 48.2. The Labute approximate surface area is 509 Å². The number of amides is 2. The van der Waals surface area contributed by atoms with E-state index in [-0.39, 0.29) is 144 Å². The number of phenols is 2. The topological polar surface area (TPSA) is 233 Å². The maximum Gasteiger partial charge on any atom is 0.231 e. The second-order valence-corrected chi connectivity index (χ2v) is 22.7. The fourth-order valence-corrected chi connectivity index (χ4v) is 14.9. The molecular formula is C60H72AcN8O12. The number of aryl methyl sites for hydroxylation is 2. The number of piperazine rings is 2. The average Bonchev–Trinajstić information content (AvgIpc) is 4.14. The molecule has 81 heavy (non-hydrogen) atoms. The minimum atomic E-state index is -0.460. The van der Waals surface area contributed by atoms with Gasteiger partial charge in [0.15, 0.2) is 36.6 Å². The third-order valence-electron chi connectivity index (χ3n) is 18.6. The van der Waals surface area contributed by atoms with Gasteiger partial charge in [-0.3, -0.25) is 29.2 Å². The van der Waals surface area contributed by atoms with Crippen molar-refractivity contribution in [3.05, 3.63) is 90.0 Å². The van der Waals surface area contributed by atoms with Crippen LogP contribution in [0.25, 0.3) is 0 Å². The second-order valence-electron chi connectivity index (χ2n) is 22.7. The van der Waals surface area contributed by atoms with Crippen LogP contribution >= 0.6 is 0 Å². The number of hydrogen-bond acceptors (Lipinski definition) is 18. The molecular weight excluding hydrogens is 1250 g/mol. The van der Waals surface area contributed by atoms with Crippen LogP contribution in [0.3, 0.4) is 0 Å². The van der Waals surface area contributed by atoms with Crippen LogP contribution < -0.4 is 39.1 Å². The zero-order chi connectivity index (χ0) is 56.9. The second kappa shape index (κ2) is 22.9. The molecule has 8 heterocycles. The van der Waals surface area contributed by atoms with Crippen LogP contribution in [0.15, 0.2) is 12.1 Å². The first-order valence-electron chi connectivity index (χ1n) is 27.4. The molecule has 0 aromatic heterocycles. The summed E-state index contributed by atoms with van der Waals surface area (Å²) in [4.78, 5) is 33.4. The van der Waals surface area contributed by atoms with E-state index in [1.165, 1.54) is 25.0 Å². The van der Waals surface area contributed by atoms with Gasteiger partial charge in [-0.15, -0.1) is 0 Å². The molecule has 4 N–H and O–H groups in total. The van der Waals surface area contributed by atoms with Gasteiger partial charge in [-0.2, -0.15) is 10.5 Å². The summed E-state index contributed by atoms with van der Waals surface area (Å²) in [6.07, 6.45) is 2.35. The number of nitrogens with zero attached hydrogens (tertiary/aromatic N) is 6. The van der Waals surface area contributed by atoms with Gasteiger partial charge in [-0.05, 0) is 115 Å². The molecule has 8 aliphatic heterocycles. The Balaban J connectivity index is 0.000000180. The van der Waals surface area contributed by atoms with Crippen molar-refractivity contribution in [2.75, 3.05) is 68.6 Å². The Hall–Kier alpha value is -5.60. The van der Waals surface area contributed by atoms with E-state index in [2.05, 4.69) is 96.3 Å². The van der Waals surface area contributed by atoms with Crippen molar-refractivity contribution in [2.24, 2.45) is 0 Å². The number of hydrogen-bond donors (Lipinski definition) is 4. The summed E-state index contributed by atoms with van der Waals surface area (Å²) < 4.78 is 46.6. The molecule has 2 amide bonds. The van der Waals surface area contributed by atoms with Crippen LogP contribution in [0.1, 0.15) is 116 Å². The van der Waals surface area contributed by atoms with Gasteiger partial charge >= 0.3 is 0 Å². The van der Waals surface area contributed by atoms with E-state index in [0.717, 1.165) is 67.1 Å². The number of rotatable bonds is 10. The van der Waals surface area contributed by atoms with Crippen molar-refractivity contribution in [1.82, 2.24) is 30.2 Å². The first-order chi connectivity index (χ1) is 38.4. The number of phenolic OH excluding ortho intramolecular Hbond substituents is 2. The predicted molar refractivity (Wildman–Crippen MR) is 291 cm³/mol. The average molecular weight is 1320 g/mol. The number of nitriles is 2. The standard InChI is InChI=1S/2C30H36N4O6.Ac/c2*1-14-7-18-8-20-22(10-31)34-21(26(33(20)5)24(18)28(15(14)2)38-12-37-6)9-19-25(23(34)11-32-17(4)35)30-29(39-13-40-30)16(3)27(19)36;/h2*7,20-23,26,36H,8-9,11-13H2,1-6H3,(H,32,35);/t2*20-,21?,22-,23-,26-;/m00./s1. The Kier molecular flexibility index (Phi) is 16.5. The van der Waals surface area contributed by atoms with E-state index in [1.54, 1.807) is 14.2 Å². The fraction of sp³-hybridized carbons (Fsp3) is 0.533. The molecule has 4 aromatic rings. The third-order valence-corrected chi connectivity index (χ3v) is 18.6. The van der Waals surface area contributed by atoms with Gasteiger partial charge in [0.25, 0.3) is 0 Å². The van der Waals surface area contributed by atoms with E-state index >= 15 is 0 Å². The molecule has 21 heteroatoms. The van der Waals surface area contributed by atoms with Crippen molar-refractivity contribution in [1.29, 1.82) is 10.5 Å². The molecule has 2 unspecified atom stereocenters. The first kappa shape index (κ1) is 58.6. The summed E-state index contributed by atoms with van der Waals surface area (Å²) >= 11 is 0. The predicted octanol–water partition coefficient (Wildman–Crippen LogP) is 5.87. The molecule has 2 fully saturated rings. The molecule has 0 aliphatic carbocycles. The SMILES string of the molecule is COCOc1c(C)c(C)cc2c1[C@@H]1C3Cc4c(O)c(C)c5c(c4[C@H](CNC(C)=O)N3[C@@H](C#N)[C@H](C2)N1C)OCO5.COCOc1c(C)c(C)cc2c1[C@@H]1C3Cc4c(O)c(C)c5c(c4[C@H](CNC(C)=O)N3[C@@H](C#N)[C@H](C2)N1C)OCO5.[Ac]. The van der Waals surface area contributed by atoms with E-state index < -0.39 is 24.2 Å². The Morgan fingerprint density at radius 1 is 0.593 bits per heavy atom. The smallest absolute Gasteiger partial charge is 0.231 e. The Morgan fingerprint density at radius 3 is 1.31 bits per heavy atom. The summed E-state index contributed by atoms with van der Waals surface area (Å²) in [5.41, 5.74) is 13.4. The quantitative estimate of drug-likeness (QED) is 0.136. The molecule has 0 saturated carbocycles. The largest absolute Gasteiger partial charge is 0.507 e. The van der Waals surface area contributed by atoms with Crippen LogP contribution in [0.2, 0.25) is 0 Å². The van der Waals surface area contributed by atoms with E-state index in [9.17, 15) is 30.3 Å². The van der Waals surface area contributed by atoms with Crippen molar-refractivity contribution in [2.45, 2.75) is 141 Å². The summed E-state index contributed by atoms with van der Waals surface area (Å²) in [5.74, 6) is 3.90. The molecule has 4 aromatic carbocycles. The van der Waals surface area contributed by atoms with E-state index in [1.807, 2.05) is 13.8 Å². The van der Waals surface area contributed by atoms with Gasteiger partial charge in [0.2, 0.25) is 25.4 Å². The molecule has 10 atom stereocenters. The number of fused-ring (bicyclic) bond motifs is 18. The normalized spacial score (nSPS) is 26.0. The minimum Gasteiger partial charge on any atom is -0.507 e. The number of carbonyl (C=O) groups excluding carboxylic acids is 2. The van der Waals surface area contributed by atoms with Crippen LogP contribution in [-0.2, 0) is 44.7 Å². The monoisotopic (exact) mass is 1320 g/mol. The van der Waals surface area contributed by atoms with Crippen molar-refractivity contribution >= 4 is 11.8 Å². The van der Waals surface area contributed by atoms with Gasteiger partial charge in [0.05, 0.1) is 36.3 Å². The number of aromatic hydroxyl groups is 2. The number of benzene rings is 4.